The Labute approximate surface area is 189 Å². The summed E-state index contributed by atoms with van der Waals surface area (Å²) in [6.45, 7) is 10.8. The molecule has 0 aliphatic carbocycles. The average molecular weight is 464 g/mol. The van der Waals surface area contributed by atoms with Gasteiger partial charge in [0.15, 0.2) is 5.60 Å². The van der Waals surface area contributed by atoms with E-state index in [4.69, 9.17) is 14.0 Å². The molecule has 2 aliphatic rings. The number of amides is 1. The van der Waals surface area contributed by atoms with Gasteiger partial charge in [-0.25, -0.2) is 9.97 Å². The zero-order valence-corrected chi connectivity index (χ0v) is 19.0. The first-order valence-corrected chi connectivity index (χ1v) is 10.3. The van der Waals surface area contributed by atoms with Crippen molar-refractivity contribution in [2.45, 2.75) is 64.5 Å². The Morgan fingerprint density at radius 2 is 1.70 bits per heavy atom. The molecule has 1 amide bonds. The minimum absolute atomic E-state index is 0.256. The molecule has 2 N–H and O–H groups in total. The van der Waals surface area contributed by atoms with Gasteiger partial charge in [-0.05, 0) is 59.7 Å². The normalized spacial score (nSPS) is 20.6. The van der Waals surface area contributed by atoms with E-state index in [0.717, 1.165) is 12.3 Å². The number of carbonyl (C=O) groups is 1. The number of halogens is 3. The minimum atomic E-state index is -4.61. The van der Waals surface area contributed by atoms with Crippen LogP contribution in [0, 0.1) is 0 Å². The molecule has 33 heavy (non-hydrogen) atoms. The standard InChI is InChI=1S/C21H24BF3N4O4/c1-18(2)16(30)28-13-10-11(27-17-26-8-7-14(29-17)21(23,24)25)9-12(15(13)31-18)22-32-19(3,4)20(5,6)33-22/h7-10H,1-6H3,(H,28,30)(H,26,27,29). The maximum atomic E-state index is 13.0. The largest absolute Gasteiger partial charge is 0.498 e. The van der Waals surface area contributed by atoms with Gasteiger partial charge >= 0.3 is 13.3 Å². The molecule has 1 fully saturated rings. The average Bonchev–Trinajstić information content (AvgIpc) is 2.89. The fourth-order valence-corrected chi connectivity index (χ4v) is 3.36. The Bertz CT molecular complexity index is 1110. The van der Waals surface area contributed by atoms with E-state index in [9.17, 15) is 18.0 Å². The monoisotopic (exact) mass is 464 g/mol. The zero-order valence-electron chi connectivity index (χ0n) is 19.0. The van der Waals surface area contributed by atoms with Crippen molar-refractivity contribution < 1.29 is 32.0 Å². The number of hydrogen-bond donors (Lipinski definition) is 2. The molecule has 176 valence electrons. The van der Waals surface area contributed by atoms with Crippen molar-refractivity contribution in [3.63, 3.8) is 0 Å². The van der Waals surface area contributed by atoms with Gasteiger partial charge in [0.05, 0.1) is 16.9 Å². The molecule has 4 rings (SSSR count). The number of carbonyl (C=O) groups excluding carboxylic acids is 1. The van der Waals surface area contributed by atoms with Gasteiger partial charge in [0.2, 0.25) is 5.95 Å². The molecule has 1 aromatic heterocycles. The summed E-state index contributed by atoms with van der Waals surface area (Å²) in [7, 11) is -0.848. The van der Waals surface area contributed by atoms with E-state index in [2.05, 4.69) is 20.6 Å². The highest BCUT2D eigenvalue weighted by molar-refractivity contribution is 6.63. The third kappa shape index (κ3) is 4.24. The number of hydrogen-bond acceptors (Lipinski definition) is 7. The van der Waals surface area contributed by atoms with Crippen LogP contribution in [0.15, 0.2) is 24.4 Å². The summed E-state index contributed by atoms with van der Waals surface area (Å²) in [6.07, 6.45) is -3.60. The minimum Gasteiger partial charge on any atom is -0.476 e. The Morgan fingerprint density at radius 1 is 1.06 bits per heavy atom. The number of benzene rings is 1. The van der Waals surface area contributed by atoms with Gasteiger partial charge in [0, 0.05) is 17.3 Å². The van der Waals surface area contributed by atoms with Crippen molar-refractivity contribution in [3.8, 4) is 5.75 Å². The predicted octanol–water partition coefficient (Wildman–Crippen LogP) is 3.65. The fourth-order valence-electron chi connectivity index (χ4n) is 3.36. The summed E-state index contributed by atoms with van der Waals surface area (Å²) in [6, 6.07) is 3.93. The summed E-state index contributed by atoms with van der Waals surface area (Å²) >= 11 is 0. The lowest BCUT2D eigenvalue weighted by Crippen LogP contribution is -2.49. The third-order valence-electron chi connectivity index (χ3n) is 5.98. The quantitative estimate of drug-likeness (QED) is 0.670. The molecule has 3 heterocycles. The molecule has 0 bridgehead atoms. The van der Waals surface area contributed by atoms with Crippen molar-refractivity contribution in [2.24, 2.45) is 0 Å². The van der Waals surface area contributed by atoms with E-state index in [0.29, 0.717) is 22.6 Å². The predicted molar refractivity (Wildman–Crippen MR) is 116 cm³/mol. The van der Waals surface area contributed by atoms with Crippen molar-refractivity contribution in [3.05, 3.63) is 30.1 Å². The number of alkyl halides is 3. The van der Waals surface area contributed by atoms with Crippen molar-refractivity contribution in [2.75, 3.05) is 10.6 Å². The van der Waals surface area contributed by atoms with Crippen LogP contribution in [0.2, 0.25) is 0 Å². The highest BCUT2D eigenvalue weighted by Crippen LogP contribution is 2.41. The van der Waals surface area contributed by atoms with Gasteiger partial charge in [-0.1, -0.05) is 0 Å². The van der Waals surface area contributed by atoms with Crippen LogP contribution in [-0.4, -0.2) is 39.8 Å². The number of anilines is 3. The number of rotatable bonds is 3. The van der Waals surface area contributed by atoms with Crippen LogP contribution in [0.5, 0.6) is 5.75 Å². The van der Waals surface area contributed by atoms with Crippen molar-refractivity contribution in [1.82, 2.24) is 9.97 Å². The summed E-state index contributed by atoms with van der Waals surface area (Å²) in [4.78, 5) is 19.9. The third-order valence-corrected chi connectivity index (χ3v) is 5.98. The van der Waals surface area contributed by atoms with Crippen molar-refractivity contribution in [1.29, 1.82) is 0 Å². The first-order valence-electron chi connectivity index (χ1n) is 10.3. The van der Waals surface area contributed by atoms with E-state index < -0.39 is 35.8 Å². The van der Waals surface area contributed by atoms with Gasteiger partial charge in [0.25, 0.3) is 5.91 Å². The van der Waals surface area contributed by atoms with Crippen LogP contribution in [0.4, 0.5) is 30.5 Å². The molecule has 0 spiro atoms. The fraction of sp³-hybridized carbons (Fsp3) is 0.476. The molecule has 1 saturated heterocycles. The smallest absolute Gasteiger partial charge is 0.476 e. The van der Waals surface area contributed by atoms with Crippen LogP contribution in [-0.2, 0) is 20.3 Å². The second-order valence-electron chi connectivity index (χ2n) is 9.49. The molecule has 2 aliphatic heterocycles. The second-order valence-corrected chi connectivity index (χ2v) is 9.49. The van der Waals surface area contributed by atoms with Gasteiger partial charge in [-0.2, -0.15) is 13.2 Å². The molecule has 2 aromatic rings. The summed E-state index contributed by atoms with van der Waals surface area (Å²) in [5, 5.41) is 5.55. The molecule has 0 atom stereocenters. The first-order chi connectivity index (χ1) is 15.1. The van der Waals surface area contributed by atoms with Gasteiger partial charge in [0.1, 0.15) is 11.4 Å². The second kappa shape index (κ2) is 7.32. The number of nitrogens with zero attached hydrogens (tertiary/aromatic N) is 2. The Balaban J connectivity index is 1.77. The lowest BCUT2D eigenvalue weighted by molar-refractivity contribution is -0.141. The maximum absolute atomic E-state index is 13.0. The van der Waals surface area contributed by atoms with Gasteiger partial charge < -0.3 is 24.7 Å². The van der Waals surface area contributed by atoms with Crippen LogP contribution in [0.25, 0.3) is 0 Å². The van der Waals surface area contributed by atoms with Crippen LogP contribution in [0.3, 0.4) is 0 Å². The molecule has 12 heteroatoms. The van der Waals surface area contributed by atoms with Crippen LogP contribution < -0.4 is 20.8 Å². The summed E-state index contributed by atoms with van der Waals surface area (Å²) in [5.41, 5.74) is -2.42. The van der Waals surface area contributed by atoms with E-state index in [-0.39, 0.29) is 11.9 Å². The topological polar surface area (TPSA) is 94.6 Å². The zero-order chi connectivity index (χ0) is 24.4. The first kappa shape index (κ1) is 23.3. The Morgan fingerprint density at radius 3 is 2.30 bits per heavy atom. The number of fused-ring (bicyclic) bond motifs is 1. The van der Waals surface area contributed by atoms with Gasteiger partial charge in [-0.15, -0.1) is 0 Å². The molecule has 8 nitrogen and oxygen atoms in total. The number of ether oxygens (including phenoxy) is 1. The molecule has 0 saturated carbocycles. The lowest BCUT2D eigenvalue weighted by atomic mass is 9.77. The molecule has 0 unspecified atom stereocenters. The molecular weight excluding hydrogens is 440 g/mol. The van der Waals surface area contributed by atoms with Crippen molar-refractivity contribution >= 4 is 35.8 Å². The van der Waals surface area contributed by atoms with E-state index >= 15 is 0 Å². The molecule has 0 radical (unpaired) electrons. The Kier molecular flexibility index (Phi) is 5.17. The Hall–Kier alpha value is -2.86. The highest BCUT2D eigenvalue weighted by Gasteiger charge is 2.53. The van der Waals surface area contributed by atoms with Crippen LogP contribution >= 0.6 is 0 Å². The van der Waals surface area contributed by atoms with E-state index in [1.54, 1.807) is 19.9 Å². The summed E-state index contributed by atoms with van der Waals surface area (Å²) < 4.78 is 57.5. The number of aromatic nitrogens is 2. The lowest BCUT2D eigenvalue weighted by Gasteiger charge is -2.33. The molecular formula is C21H24BF3N4O4. The van der Waals surface area contributed by atoms with Crippen LogP contribution in [0.1, 0.15) is 47.2 Å². The SMILES string of the molecule is CC1(C)Oc2c(cc(Nc3nccc(C(F)(F)F)n3)cc2B2OC(C)(C)C(C)(C)O2)NC1=O. The van der Waals surface area contributed by atoms with E-state index in [1.807, 2.05) is 27.7 Å². The van der Waals surface area contributed by atoms with E-state index in [1.165, 1.54) is 6.07 Å². The maximum Gasteiger partial charge on any atom is 0.498 e. The van der Waals surface area contributed by atoms with Gasteiger partial charge in [-0.3, -0.25) is 4.79 Å². The highest BCUT2D eigenvalue weighted by atomic mass is 19.4. The molecule has 1 aromatic carbocycles. The number of nitrogens with one attached hydrogen (secondary N) is 2. The summed E-state index contributed by atoms with van der Waals surface area (Å²) in [5.74, 6) is -0.274.